The number of nitrogens with one attached hydrogen (secondary N) is 1. The van der Waals surface area contributed by atoms with Gasteiger partial charge in [0.25, 0.3) is 0 Å². The Labute approximate surface area is 182 Å². The molecule has 0 radical (unpaired) electrons. The fraction of sp³-hybridized carbons (Fsp3) is 0.280. The van der Waals surface area contributed by atoms with Crippen LogP contribution >= 0.6 is 0 Å². The first kappa shape index (κ1) is 20.9. The summed E-state index contributed by atoms with van der Waals surface area (Å²) in [6, 6.07) is 13.3. The number of allylic oxidation sites excluding steroid dienone is 4. The van der Waals surface area contributed by atoms with Crippen LogP contribution in [-0.4, -0.2) is 33.9 Å². The number of hydrogen-bond acceptors (Lipinski definition) is 6. The number of rotatable bonds is 9. The van der Waals surface area contributed by atoms with Crippen LogP contribution in [0.1, 0.15) is 12.8 Å². The first-order chi connectivity index (χ1) is 15.3. The number of para-hydroxylation sites is 3. The molecule has 0 fully saturated rings. The summed E-state index contributed by atoms with van der Waals surface area (Å²) in [5.41, 5.74) is 1.14. The van der Waals surface area contributed by atoms with E-state index in [2.05, 4.69) is 23.5 Å². The number of benzene rings is 2. The fourth-order valence-electron chi connectivity index (χ4n) is 3.50. The lowest BCUT2D eigenvalue weighted by Crippen LogP contribution is -2.28. The van der Waals surface area contributed by atoms with Gasteiger partial charge in [0.1, 0.15) is 6.61 Å². The van der Waals surface area contributed by atoms with Crippen LogP contribution in [-0.2, 0) is 0 Å². The zero-order valence-electron chi connectivity index (χ0n) is 17.9. The van der Waals surface area contributed by atoms with Gasteiger partial charge in [-0.3, -0.25) is 0 Å². The van der Waals surface area contributed by atoms with E-state index in [1.54, 1.807) is 14.2 Å². The van der Waals surface area contributed by atoms with Crippen LogP contribution in [0.25, 0.3) is 0 Å². The molecule has 0 amide bonds. The van der Waals surface area contributed by atoms with Gasteiger partial charge >= 0.3 is 0 Å². The van der Waals surface area contributed by atoms with E-state index in [0.29, 0.717) is 36.9 Å². The van der Waals surface area contributed by atoms with Gasteiger partial charge in [-0.1, -0.05) is 36.4 Å². The number of hydrogen-bond donors (Lipinski definition) is 1. The summed E-state index contributed by atoms with van der Waals surface area (Å²) in [6.07, 6.45) is 8.23. The second kappa shape index (κ2) is 10.1. The minimum atomic E-state index is 0.447. The van der Waals surface area contributed by atoms with Crippen molar-refractivity contribution >= 4 is 0 Å². The Morgan fingerprint density at radius 2 is 1.68 bits per heavy atom. The molecule has 0 bridgehead atoms. The van der Waals surface area contributed by atoms with Crippen molar-refractivity contribution in [2.45, 2.75) is 12.8 Å². The van der Waals surface area contributed by atoms with Crippen LogP contribution in [0.15, 0.2) is 77.8 Å². The van der Waals surface area contributed by atoms with Gasteiger partial charge in [0.05, 0.1) is 20.8 Å². The molecule has 1 aliphatic heterocycles. The molecular weight excluding hydrogens is 394 g/mol. The minimum absolute atomic E-state index is 0.447. The predicted octanol–water partition coefficient (Wildman–Crippen LogP) is 4.63. The molecule has 0 saturated carbocycles. The van der Waals surface area contributed by atoms with E-state index in [1.165, 1.54) is 0 Å². The average molecular weight is 421 g/mol. The Balaban J connectivity index is 1.40. The zero-order chi connectivity index (χ0) is 21.5. The van der Waals surface area contributed by atoms with E-state index >= 15 is 0 Å². The van der Waals surface area contributed by atoms with Crippen LogP contribution in [0.5, 0.6) is 28.7 Å². The summed E-state index contributed by atoms with van der Waals surface area (Å²) < 4.78 is 29.1. The topological polar surface area (TPSA) is 58.2 Å². The highest BCUT2D eigenvalue weighted by molar-refractivity contribution is 5.51. The third kappa shape index (κ3) is 4.86. The van der Waals surface area contributed by atoms with Gasteiger partial charge in [0, 0.05) is 6.54 Å². The molecule has 2 aromatic carbocycles. The first-order valence-electron chi connectivity index (χ1n) is 10.4. The van der Waals surface area contributed by atoms with Crippen molar-refractivity contribution in [3.8, 4) is 28.7 Å². The molecule has 4 rings (SSSR count). The third-order valence-electron chi connectivity index (χ3n) is 5.05. The van der Waals surface area contributed by atoms with Crippen LogP contribution in [0.3, 0.4) is 0 Å². The molecule has 0 spiro atoms. The molecular formula is C25H27NO5. The molecule has 31 heavy (non-hydrogen) atoms. The van der Waals surface area contributed by atoms with Gasteiger partial charge in [0.15, 0.2) is 34.5 Å². The SMILES string of the molecule is COc1cccc(OC)c1OCCNCC1=C(C2=CC=CCC2)Oc2ccccc2O1. The normalized spacial score (nSPS) is 14.8. The van der Waals surface area contributed by atoms with E-state index in [4.69, 9.17) is 23.7 Å². The summed E-state index contributed by atoms with van der Waals surface area (Å²) in [6.45, 7) is 1.58. The van der Waals surface area contributed by atoms with E-state index in [9.17, 15) is 0 Å². The summed E-state index contributed by atoms with van der Waals surface area (Å²) in [4.78, 5) is 0. The third-order valence-corrected chi connectivity index (χ3v) is 5.05. The lowest BCUT2D eigenvalue weighted by Gasteiger charge is -2.26. The van der Waals surface area contributed by atoms with Crippen molar-refractivity contribution in [2.75, 3.05) is 33.9 Å². The van der Waals surface area contributed by atoms with E-state index in [-0.39, 0.29) is 0 Å². The largest absolute Gasteiger partial charge is 0.493 e. The quantitative estimate of drug-likeness (QED) is 0.596. The number of methoxy groups -OCH3 is 2. The molecule has 1 aliphatic carbocycles. The molecule has 0 saturated heterocycles. The van der Waals surface area contributed by atoms with Crippen molar-refractivity contribution in [2.24, 2.45) is 0 Å². The van der Waals surface area contributed by atoms with Gasteiger partial charge in [-0.2, -0.15) is 0 Å². The Hall–Kier alpha value is -3.38. The number of fused-ring (bicyclic) bond motifs is 1. The fourth-order valence-corrected chi connectivity index (χ4v) is 3.50. The highest BCUT2D eigenvalue weighted by atomic mass is 16.6. The van der Waals surface area contributed by atoms with Crippen molar-refractivity contribution in [1.29, 1.82) is 0 Å². The first-order valence-corrected chi connectivity index (χ1v) is 10.4. The summed E-state index contributed by atoms with van der Waals surface area (Å²) in [5.74, 6) is 4.91. The van der Waals surface area contributed by atoms with Crippen LogP contribution < -0.4 is 29.0 Å². The van der Waals surface area contributed by atoms with Crippen LogP contribution in [0, 0.1) is 0 Å². The molecule has 1 N–H and O–H groups in total. The van der Waals surface area contributed by atoms with Gasteiger partial charge in [-0.25, -0.2) is 0 Å². The molecule has 1 heterocycles. The van der Waals surface area contributed by atoms with E-state index in [0.717, 1.165) is 41.4 Å². The van der Waals surface area contributed by atoms with Crippen LogP contribution in [0.4, 0.5) is 0 Å². The highest BCUT2D eigenvalue weighted by Crippen LogP contribution is 2.38. The molecule has 6 nitrogen and oxygen atoms in total. The summed E-state index contributed by atoms with van der Waals surface area (Å²) in [5, 5.41) is 3.39. The minimum Gasteiger partial charge on any atom is -0.493 e. The summed E-state index contributed by atoms with van der Waals surface area (Å²) >= 11 is 0. The maximum Gasteiger partial charge on any atom is 0.203 e. The zero-order valence-corrected chi connectivity index (χ0v) is 17.9. The smallest absolute Gasteiger partial charge is 0.203 e. The Morgan fingerprint density at radius 3 is 2.35 bits per heavy atom. The maximum atomic E-state index is 6.22. The molecule has 0 unspecified atom stereocenters. The van der Waals surface area contributed by atoms with Gasteiger partial charge in [-0.05, 0) is 42.7 Å². The van der Waals surface area contributed by atoms with E-state index < -0.39 is 0 Å². The molecule has 0 aromatic heterocycles. The van der Waals surface area contributed by atoms with Crippen molar-refractivity contribution in [3.05, 3.63) is 77.8 Å². The van der Waals surface area contributed by atoms with Crippen molar-refractivity contribution < 1.29 is 23.7 Å². The predicted molar refractivity (Wildman–Crippen MR) is 119 cm³/mol. The Morgan fingerprint density at radius 1 is 0.935 bits per heavy atom. The molecule has 162 valence electrons. The molecule has 0 atom stereocenters. The monoisotopic (exact) mass is 421 g/mol. The van der Waals surface area contributed by atoms with Gasteiger partial charge in [-0.15, -0.1) is 0 Å². The van der Waals surface area contributed by atoms with Crippen molar-refractivity contribution in [3.63, 3.8) is 0 Å². The number of ether oxygens (including phenoxy) is 5. The molecule has 2 aliphatic rings. The standard InChI is InChI=1S/C25H27NO5/c1-27-21-13-8-14-22(28-2)25(21)29-16-15-26-17-23-24(18-9-4-3-5-10-18)31-20-12-7-6-11-19(20)30-23/h3-4,6-9,11-14,26H,5,10,15-17H2,1-2H3. The average Bonchev–Trinajstić information content (AvgIpc) is 2.83. The van der Waals surface area contributed by atoms with Gasteiger partial charge in [0.2, 0.25) is 5.75 Å². The highest BCUT2D eigenvalue weighted by Gasteiger charge is 2.24. The Bertz CT molecular complexity index is 986. The van der Waals surface area contributed by atoms with Gasteiger partial charge < -0.3 is 29.0 Å². The second-order valence-electron chi connectivity index (χ2n) is 7.08. The van der Waals surface area contributed by atoms with Crippen molar-refractivity contribution in [1.82, 2.24) is 5.32 Å². The molecule has 6 heteroatoms. The van der Waals surface area contributed by atoms with Crippen LogP contribution in [0.2, 0.25) is 0 Å². The maximum absolute atomic E-state index is 6.22. The lowest BCUT2D eigenvalue weighted by atomic mass is 10.0. The second-order valence-corrected chi connectivity index (χ2v) is 7.08. The summed E-state index contributed by atoms with van der Waals surface area (Å²) in [7, 11) is 3.22. The van der Waals surface area contributed by atoms with E-state index in [1.807, 2.05) is 42.5 Å². The molecule has 2 aromatic rings. The lowest BCUT2D eigenvalue weighted by molar-refractivity contribution is 0.265. The Kier molecular flexibility index (Phi) is 6.79.